The summed E-state index contributed by atoms with van der Waals surface area (Å²) in [5, 5.41) is 3.00. The van der Waals surface area contributed by atoms with Gasteiger partial charge in [-0.05, 0) is 68.9 Å². The van der Waals surface area contributed by atoms with Gasteiger partial charge in [0.05, 0.1) is 24.2 Å². The zero-order valence-corrected chi connectivity index (χ0v) is 18.4. The molecule has 1 aliphatic heterocycles. The first-order chi connectivity index (χ1) is 15.1. The molecule has 0 spiro atoms. The van der Waals surface area contributed by atoms with Gasteiger partial charge in [0.15, 0.2) is 0 Å². The number of carbonyl (C=O) groups excluding carboxylic acids is 1. The lowest BCUT2D eigenvalue weighted by Crippen LogP contribution is -2.34. The third-order valence-corrected chi connectivity index (χ3v) is 5.97. The Morgan fingerprint density at radius 1 is 1.19 bits per heavy atom. The largest absolute Gasteiger partial charge is 0.493 e. The molecule has 3 aromatic rings. The number of hydrogen-bond donors (Lipinski definition) is 1. The summed E-state index contributed by atoms with van der Waals surface area (Å²) in [5.41, 5.74) is 4.50. The molecule has 0 saturated carbocycles. The normalized spacial score (nSPS) is 16.0. The Kier molecular flexibility index (Phi) is 6.87. The summed E-state index contributed by atoms with van der Waals surface area (Å²) in [6.07, 6.45) is 3.34. The van der Waals surface area contributed by atoms with Gasteiger partial charge in [-0.1, -0.05) is 24.3 Å². The van der Waals surface area contributed by atoms with Crippen molar-refractivity contribution < 1.29 is 14.3 Å². The van der Waals surface area contributed by atoms with E-state index >= 15 is 0 Å². The summed E-state index contributed by atoms with van der Waals surface area (Å²) >= 11 is 0. The van der Waals surface area contributed by atoms with Crippen LogP contribution in [0.25, 0.3) is 11.0 Å². The number of aryl methyl sites for hydroxylation is 2. The number of aromatic nitrogens is 2. The summed E-state index contributed by atoms with van der Waals surface area (Å²) in [4.78, 5) is 17.1. The van der Waals surface area contributed by atoms with Crippen LogP contribution < -0.4 is 10.1 Å². The fourth-order valence-corrected chi connectivity index (χ4v) is 4.01. The van der Waals surface area contributed by atoms with Crippen LogP contribution in [-0.4, -0.2) is 34.8 Å². The topological polar surface area (TPSA) is 65.4 Å². The molecule has 2 aromatic carbocycles. The number of fused-ring (bicyclic) bond motifs is 1. The molecule has 0 radical (unpaired) electrons. The second-order valence-electron chi connectivity index (χ2n) is 8.14. The number of nitrogens with zero attached hydrogens (tertiary/aromatic N) is 2. The highest BCUT2D eigenvalue weighted by atomic mass is 16.5. The van der Waals surface area contributed by atoms with Crippen LogP contribution in [0.2, 0.25) is 0 Å². The second kappa shape index (κ2) is 9.96. The number of benzene rings is 2. The molecule has 1 saturated heterocycles. The van der Waals surface area contributed by atoms with Crippen molar-refractivity contribution in [2.24, 2.45) is 0 Å². The molecule has 6 heteroatoms. The molecular weight excluding hydrogens is 390 g/mol. The molecule has 1 N–H and O–H groups in total. The quantitative estimate of drug-likeness (QED) is 0.523. The molecule has 1 unspecified atom stereocenters. The van der Waals surface area contributed by atoms with Crippen LogP contribution in [0, 0.1) is 13.8 Å². The van der Waals surface area contributed by atoms with Crippen molar-refractivity contribution in [1.82, 2.24) is 14.9 Å². The maximum atomic E-state index is 12.3. The molecule has 164 valence electrons. The van der Waals surface area contributed by atoms with E-state index in [-0.39, 0.29) is 12.0 Å². The van der Waals surface area contributed by atoms with Crippen LogP contribution in [0.1, 0.15) is 42.6 Å². The Bertz CT molecular complexity index is 1040. The molecule has 6 nitrogen and oxygen atoms in total. The monoisotopic (exact) mass is 421 g/mol. The number of unbranched alkanes of at least 4 members (excludes halogenated alkanes) is 1. The van der Waals surface area contributed by atoms with Crippen LogP contribution in [0.4, 0.5) is 0 Å². The lowest BCUT2D eigenvalue weighted by Gasteiger charge is -2.13. The van der Waals surface area contributed by atoms with E-state index in [0.717, 1.165) is 54.8 Å². The standard InChI is InChI=1S/C25H31N3O3/c1-18-9-7-12-22(19(18)2)30-15-6-5-14-28-21-11-4-3-10-20(21)27-24(28)17-26-25(29)23-13-8-16-31-23/h3-4,7,9-12,23H,5-6,8,13-17H2,1-2H3,(H,26,29). The Morgan fingerprint density at radius 2 is 2.06 bits per heavy atom. The van der Waals surface area contributed by atoms with E-state index in [1.165, 1.54) is 11.1 Å². The van der Waals surface area contributed by atoms with E-state index in [1.54, 1.807) is 0 Å². The minimum absolute atomic E-state index is 0.0435. The third kappa shape index (κ3) is 5.07. The van der Waals surface area contributed by atoms with Crippen molar-refractivity contribution in [3.63, 3.8) is 0 Å². The van der Waals surface area contributed by atoms with Gasteiger partial charge in [0, 0.05) is 13.2 Å². The van der Waals surface area contributed by atoms with Gasteiger partial charge in [0.25, 0.3) is 0 Å². The number of nitrogens with one attached hydrogen (secondary N) is 1. The van der Waals surface area contributed by atoms with Crippen LogP contribution in [-0.2, 0) is 22.6 Å². The highest BCUT2D eigenvalue weighted by Gasteiger charge is 2.23. The van der Waals surface area contributed by atoms with Gasteiger partial charge in [-0.2, -0.15) is 0 Å². The minimum Gasteiger partial charge on any atom is -0.493 e. The highest BCUT2D eigenvalue weighted by Crippen LogP contribution is 2.21. The molecule has 0 aliphatic carbocycles. The molecule has 0 bridgehead atoms. The third-order valence-electron chi connectivity index (χ3n) is 5.97. The van der Waals surface area contributed by atoms with Crippen molar-refractivity contribution in [3.05, 3.63) is 59.4 Å². The minimum atomic E-state index is -0.319. The van der Waals surface area contributed by atoms with Gasteiger partial charge in [-0.25, -0.2) is 4.98 Å². The fourth-order valence-electron chi connectivity index (χ4n) is 4.01. The van der Waals surface area contributed by atoms with Crippen molar-refractivity contribution in [1.29, 1.82) is 0 Å². The van der Waals surface area contributed by atoms with Crippen LogP contribution in [0.3, 0.4) is 0 Å². The van der Waals surface area contributed by atoms with Gasteiger partial charge < -0.3 is 19.4 Å². The fraction of sp³-hybridized carbons (Fsp3) is 0.440. The van der Waals surface area contributed by atoms with Gasteiger partial charge in [0.2, 0.25) is 5.91 Å². The molecular formula is C25H31N3O3. The molecule has 1 aromatic heterocycles. The SMILES string of the molecule is Cc1cccc(OCCCCn2c(CNC(=O)C3CCCO3)nc3ccccc32)c1C. The maximum Gasteiger partial charge on any atom is 0.249 e. The summed E-state index contributed by atoms with van der Waals surface area (Å²) < 4.78 is 13.7. The van der Waals surface area contributed by atoms with Crippen molar-refractivity contribution >= 4 is 16.9 Å². The molecule has 1 atom stereocenters. The molecule has 1 aliphatic rings. The number of imidazole rings is 1. The van der Waals surface area contributed by atoms with Crippen LogP contribution >= 0.6 is 0 Å². The average Bonchev–Trinajstić information content (AvgIpc) is 3.43. The highest BCUT2D eigenvalue weighted by molar-refractivity contribution is 5.81. The van der Waals surface area contributed by atoms with Gasteiger partial charge in [-0.15, -0.1) is 0 Å². The first-order valence-corrected chi connectivity index (χ1v) is 11.2. The van der Waals surface area contributed by atoms with Gasteiger partial charge in [-0.3, -0.25) is 4.79 Å². The Morgan fingerprint density at radius 3 is 2.90 bits per heavy atom. The van der Waals surface area contributed by atoms with Crippen LogP contribution in [0.15, 0.2) is 42.5 Å². The Balaban J connectivity index is 1.35. The zero-order chi connectivity index (χ0) is 21.6. The molecule has 1 amide bonds. The number of ether oxygens (including phenoxy) is 2. The first-order valence-electron chi connectivity index (χ1n) is 11.2. The predicted octanol–water partition coefficient (Wildman–Crippen LogP) is 4.31. The van der Waals surface area contributed by atoms with Crippen molar-refractivity contribution in [2.45, 2.75) is 58.7 Å². The van der Waals surface area contributed by atoms with E-state index < -0.39 is 0 Å². The van der Waals surface area contributed by atoms with E-state index in [2.05, 4.69) is 35.9 Å². The molecule has 1 fully saturated rings. The Labute approximate surface area is 183 Å². The zero-order valence-electron chi connectivity index (χ0n) is 18.4. The number of amides is 1. The van der Waals surface area contributed by atoms with Crippen molar-refractivity contribution in [3.8, 4) is 5.75 Å². The number of carbonyl (C=O) groups is 1. The number of rotatable bonds is 9. The van der Waals surface area contributed by atoms with E-state index in [9.17, 15) is 4.79 Å². The second-order valence-corrected chi connectivity index (χ2v) is 8.14. The first kappa shape index (κ1) is 21.4. The van der Waals surface area contributed by atoms with Crippen LogP contribution in [0.5, 0.6) is 5.75 Å². The van der Waals surface area contributed by atoms with E-state index in [4.69, 9.17) is 14.5 Å². The molecule has 4 rings (SSSR count). The smallest absolute Gasteiger partial charge is 0.249 e. The summed E-state index contributed by atoms with van der Waals surface area (Å²) in [7, 11) is 0. The predicted molar refractivity (Wildman–Crippen MR) is 121 cm³/mol. The van der Waals surface area contributed by atoms with E-state index in [1.807, 2.05) is 30.3 Å². The number of para-hydroxylation sites is 2. The van der Waals surface area contributed by atoms with Gasteiger partial charge >= 0.3 is 0 Å². The average molecular weight is 422 g/mol. The molecule has 31 heavy (non-hydrogen) atoms. The maximum absolute atomic E-state index is 12.3. The molecule has 2 heterocycles. The lowest BCUT2D eigenvalue weighted by molar-refractivity contribution is -0.130. The summed E-state index contributed by atoms with van der Waals surface area (Å²) in [6, 6.07) is 14.3. The van der Waals surface area contributed by atoms with E-state index in [0.29, 0.717) is 19.8 Å². The Hall–Kier alpha value is -2.86. The summed E-state index contributed by atoms with van der Waals surface area (Å²) in [6.45, 7) is 6.79. The van der Waals surface area contributed by atoms with Crippen molar-refractivity contribution in [2.75, 3.05) is 13.2 Å². The number of hydrogen-bond acceptors (Lipinski definition) is 4. The summed E-state index contributed by atoms with van der Waals surface area (Å²) in [5.74, 6) is 1.80. The van der Waals surface area contributed by atoms with Gasteiger partial charge in [0.1, 0.15) is 17.7 Å². The lowest BCUT2D eigenvalue weighted by atomic mass is 10.1.